The van der Waals surface area contributed by atoms with Crippen molar-refractivity contribution in [2.24, 2.45) is 17.6 Å². The van der Waals surface area contributed by atoms with Gasteiger partial charge in [-0.1, -0.05) is 0 Å². The van der Waals surface area contributed by atoms with E-state index >= 15 is 0 Å². The summed E-state index contributed by atoms with van der Waals surface area (Å²) in [4.78, 5) is 2.66. The van der Waals surface area contributed by atoms with E-state index in [2.05, 4.69) is 4.90 Å². The minimum Gasteiger partial charge on any atom is -0.384 e. The van der Waals surface area contributed by atoms with Crippen molar-refractivity contribution in [2.75, 3.05) is 33.4 Å². The summed E-state index contributed by atoms with van der Waals surface area (Å²) >= 11 is 0. The number of hydrogen-bond donors (Lipinski definition) is 1. The number of rotatable bonds is 4. The number of piperidine rings is 1. The van der Waals surface area contributed by atoms with Crippen LogP contribution in [0.25, 0.3) is 0 Å². The molecule has 2 atom stereocenters. The smallest absolute Gasteiger partial charge is 0.0491 e. The van der Waals surface area contributed by atoms with Crippen molar-refractivity contribution in [1.82, 2.24) is 4.90 Å². The molecule has 0 radical (unpaired) electrons. The molecule has 0 spiro atoms. The van der Waals surface area contributed by atoms with Crippen LogP contribution in [-0.4, -0.2) is 44.3 Å². The molecule has 2 fully saturated rings. The predicted molar refractivity (Wildman–Crippen MR) is 61.7 cm³/mol. The second-order valence-corrected chi connectivity index (χ2v) is 5.08. The van der Waals surface area contributed by atoms with E-state index in [1.54, 1.807) is 0 Å². The first-order chi connectivity index (χ1) is 7.35. The summed E-state index contributed by atoms with van der Waals surface area (Å²) in [5, 5.41) is 0. The highest BCUT2D eigenvalue weighted by molar-refractivity contribution is 4.91. The predicted octanol–water partition coefficient (Wildman–Crippen LogP) is 1.08. The maximum atomic E-state index is 5.76. The van der Waals surface area contributed by atoms with Crippen LogP contribution < -0.4 is 5.73 Å². The standard InChI is InChI=1S/C12H24N2O/c1-15-9-10-4-6-14(7-5-10)12-3-2-11(12)8-13/h10-12H,2-9,13H2,1H3. The summed E-state index contributed by atoms with van der Waals surface area (Å²) in [5.41, 5.74) is 5.76. The lowest BCUT2D eigenvalue weighted by molar-refractivity contribution is 0.0231. The first-order valence-corrected chi connectivity index (χ1v) is 6.28. The molecule has 2 unspecified atom stereocenters. The largest absolute Gasteiger partial charge is 0.384 e. The van der Waals surface area contributed by atoms with Gasteiger partial charge in [0.2, 0.25) is 0 Å². The van der Waals surface area contributed by atoms with Crippen LogP contribution in [0.4, 0.5) is 0 Å². The summed E-state index contributed by atoms with van der Waals surface area (Å²) in [6.07, 6.45) is 5.33. The van der Waals surface area contributed by atoms with E-state index in [4.69, 9.17) is 10.5 Å². The van der Waals surface area contributed by atoms with Crippen molar-refractivity contribution in [3.63, 3.8) is 0 Å². The van der Waals surface area contributed by atoms with Crippen LogP contribution in [0.15, 0.2) is 0 Å². The molecule has 3 nitrogen and oxygen atoms in total. The Hall–Kier alpha value is -0.120. The summed E-state index contributed by atoms with van der Waals surface area (Å²) < 4.78 is 5.22. The summed E-state index contributed by atoms with van der Waals surface area (Å²) in [7, 11) is 1.81. The molecule has 1 saturated heterocycles. The minimum atomic E-state index is 0.781. The van der Waals surface area contributed by atoms with Crippen LogP contribution in [0.3, 0.4) is 0 Å². The van der Waals surface area contributed by atoms with E-state index in [0.29, 0.717) is 0 Å². The highest BCUT2D eigenvalue weighted by Crippen LogP contribution is 2.33. The monoisotopic (exact) mass is 212 g/mol. The van der Waals surface area contributed by atoms with Crippen LogP contribution in [0.5, 0.6) is 0 Å². The molecule has 0 aromatic carbocycles. The highest BCUT2D eigenvalue weighted by atomic mass is 16.5. The van der Waals surface area contributed by atoms with Gasteiger partial charge >= 0.3 is 0 Å². The molecule has 15 heavy (non-hydrogen) atoms. The van der Waals surface area contributed by atoms with Crippen LogP contribution >= 0.6 is 0 Å². The first-order valence-electron chi connectivity index (χ1n) is 6.28. The Labute approximate surface area is 93.0 Å². The number of nitrogens with two attached hydrogens (primary N) is 1. The third-order valence-corrected chi connectivity index (χ3v) is 4.20. The van der Waals surface area contributed by atoms with E-state index in [1.807, 2.05) is 7.11 Å². The van der Waals surface area contributed by atoms with Gasteiger partial charge in [0.05, 0.1) is 0 Å². The van der Waals surface area contributed by atoms with Gasteiger partial charge in [-0.15, -0.1) is 0 Å². The normalized spacial score (nSPS) is 34.0. The second-order valence-electron chi connectivity index (χ2n) is 5.08. The van der Waals surface area contributed by atoms with E-state index in [9.17, 15) is 0 Å². The Morgan fingerprint density at radius 1 is 1.20 bits per heavy atom. The van der Waals surface area contributed by atoms with Crippen LogP contribution in [-0.2, 0) is 4.74 Å². The summed E-state index contributed by atoms with van der Waals surface area (Å²) in [6.45, 7) is 4.34. The number of methoxy groups -OCH3 is 1. The van der Waals surface area contributed by atoms with Crippen LogP contribution in [0.1, 0.15) is 25.7 Å². The molecule has 1 saturated carbocycles. The van der Waals surface area contributed by atoms with Crippen molar-refractivity contribution in [3.8, 4) is 0 Å². The van der Waals surface area contributed by atoms with Crippen molar-refractivity contribution in [3.05, 3.63) is 0 Å². The SMILES string of the molecule is COCC1CCN(C2CCC2CN)CC1. The minimum absolute atomic E-state index is 0.781. The molecule has 3 heteroatoms. The van der Waals surface area contributed by atoms with Gasteiger partial charge in [0.25, 0.3) is 0 Å². The molecule has 2 aliphatic rings. The maximum Gasteiger partial charge on any atom is 0.0491 e. The first kappa shape index (κ1) is 11.4. The topological polar surface area (TPSA) is 38.5 Å². The second kappa shape index (κ2) is 5.28. The third kappa shape index (κ3) is 2.52. The van der Waals surface area contributed by atoms with Crippen molar-refractivity contribution in [1.29, 1.82) is 0 Å². The summed E-state index contributed by atoms with van der Waals surface area (Å²) in [6, 6.07) is 0.804. The Morgan fingerprint density at radius 2 is 1.93 bits per heavy atom. The molecule has 0 aromatic heterocycles. The Kier molecular flexibility index (Phi) is 4.00. The van der Waals surface area contributed by atoms with E-state index in [1.165, 1.54) is 38.8 Å². The Balaban J connectivity index is 1.73. The molecule has 1 aliphatic carbocycles. The Bertz CT molecular complexity index is 188. The fourth-order valence-corrected chi connectivity index (χ4v) is 2.99. The van der Waals surface area contributed by atoms with Gasteiger partial charge < -0.3 is 15.4 Å². The summed E-state index contributed by atoms with van der Waals surface area (Å²) in [5.74, 6) is 1.58. The van der Waals surface area contributed by atoms with Gasteiger partial charge in [-0.25, -0.2) is 0 Å². The number of hydrogen-bond acceptors (Lipinski definition) is 3. The van der Waals surface area contributed by atoms with Crippen LogP contribution in [0.2, 0.25) is 0 Å². The number of likely N-dealkylation sites (tertiary alicyclic amines) is 1. The fraction of sp³-hybridized carbons (Fsp3) is 1.00. The molecule has 0 bridgehead atoms. The zero-order chi connectivity index (χ0) is 10.7. The van der Waals surface area contributed by atoms with Gasteiger partial charge in [0.1, 0.15) is 0 Å². The van der Waals surface area contributed by atoms with Gasteiger partial charge in [-0.05, 0) is 57.2 Å². The molecule has 0 aromatic rings. The molecule has 1 aliphatic heterocycles. The van der Waals surface area contributed by atoms with Gasteiger partial charge in [-0.3, -0.25) is 0 Å². The zero-order valence-corrected chi connectivity index (χ0v) is 9.82. The van der Waals surface area contributed by atoms with E-state index in [-0.39, 0.29) is 0 Å². The number of ether oxygens (including phenoxy) is 1. The lowest BCUT2D eigenvalue weighted by Gasteiger charge is -2.46. The molecular weight excluding hydrogens is 188 g/mol. The lowest BCUT2D eigenvalue weighted by atomic mass is 9.77. The lowest BCUT2D eigenvalue weighted by Crippen LogP contribution is -2.52. The van der Waals surface area contributed by atoms with Crippen LogP contribution in [0, 0.1) is 11.8 Å². The molecule has 2 N–H and O–H groups in total. The third-order valence-electron chi connectivity index (χ3n) is 4.20. The zero-order valence-electron chi connectivity index (χ0n) is 9.82. The molecule has 2 rings (SSSR count). The van der Waals surface area contributed by atoms with Crippen molar-refractivity contribution < 1.29 is 4.74 Å². The van der Waals surface area contributed by atoms with Crippen molar-refractivity contribution >= 4 is 0 Å². The number of nitrogens with zero attached hydrogens (tertiary/aromatic N) is 1. The van der Waals surface area contributed by atoms with Gasteiger partial charge in [0.15, 0.2) is 0 Å². The van der Waals surface area contributed by atoms with E-state index < -0.39 is 0 Å². The molecule has 0 amide bonds. The molecule has 1 heterocycles. The maximum absolute atomic E-state index is 5.76. The average molecular weight is 212 g/mol. The Morgan fingerprint density at radius 3 is 2.40 bits per heavy atom. The van der Waals surface area contributed by atoms with Gasteiger partial charge in [0, 0.05) is 19.8 Å². The highest BCUT2D eigenvalue weighted by Gasteiger charge is 2.35. The van der Waals surface area contributed by atoms with E-state index in [0.717, 1.165) is 31.0 Å². The molecule has 88 valence electrons. The quantitative estimate of drug-likeness (QED) is 0.758. The fourth-order valence-electron chi connectivity index (χ4n) is 2.99. The average Bonchev–Trinajstić information content (AvgIpc) is 2.20. The van der Waals surface area contributed by atoms with Crippen molar-refractivity contribution in [2.45, 2.75) is 31.7 Å². The molecular formula is C12H24N2O. The van der Waals surface area contributed by atoms with Gasteiger partial charge in [-0.2, -0.15) is 0 Å².